The smallest absolute Gasteiger partial charge is 0.321 e. The van der Waals surface area contributed by atoms with E-state index in [1.807, 2.05) is 0 Å². The summed E-state index contributed by atoms with van der Waals surface area (Å²) in [5.74, 6) is -2.04. The molecule has 1 fully saturated rings. The Morgan fingerprint density at radius 3 is 2.71 bits per heavy atom. The van der Waals surface area contributed by atoms with Gasteiger partial charge < -0.3 is 20.1 Å². The Balaban J connectivity index is 2.04. The van der Waals surface area contributed by atoms with Gasteiger partial charge in [0, 0.05) is 24.8 Å². The summed E-state index contributed by atoms with van der Waals surface area (Å²) in [6, 6.07) is 3.59. The molecule has 0 radical (unpaired) electrons. The van der Waals surface area contributed by atoms with E-state index in [4.69, 9.17) is 9.84 Å². The van der Waals surface area contributed by atoms with Gasteiger partial charge in [0.2, 0.25) is 0 Å². The van der Waals surface area contributed by atoms with Crippen LogP contribution < -0.4 is 10.1 Å². The van der Waals surface area contributed by atoms with Crippen LogP contribution in [0.5, 0.6) is 5.75 Å². The van der Waals surface area contributed by atoms with Gasteiger partial charge in [-0.1, -0.05) is 6.92 Å². The molecule has 1 aliphatic heterocycles. The van der Waals surface area contributed by atoms with Crippen molar-refractivity contribution in [2.24, 2.45) is 11.8 Å². The molecule has 0 aliphatic carbocycles. The summed E-state index contributed by atoms with van der Waals surface area (Å²) in [7, 11) is 1.34. The number of aliphatic carboxylic acids is 1. The Bertz CT molecular complexity index is 564. The number of hydrogen-bond donors (Lipinski definition) is 2. The highest BCUT2D eigenvalue weighted by molar-refractivity contribution is 5.90. The number of nitrogens with one attached hydrogen (secondary N) is 1. The normalized spacial score (nSPS) is 21.2. The molecule has 21 heavy (non-hydrogen) atoms. The van der Waals surface area contributed by atoms with Crippen molar-refractivity contribution in [1.82, 2.24) is 4.90 Å². The van der Waals surface area contributed by atoms with Gasteiger partial charge in [-0.15, -0.1) is 0 Å². The first-order valence-electron chi connectivity index (χ1n) is 6.54. The van der Waals surface area contributed by atoms with Crippen molar-refractivity contribution in [3.63, 3.8) is 0 Å². The van der Waals surface area contributed by atoms with Gasteiger partial charge in [-0.25, -0.2) is 9.18 Å². The monoisotopic (exact) mass is 296 g/mol. The molecule has 7 heteroatoms. The number of anilines is 1. The molecule has 1 aromatic rings. The van der Waals surface area contributed by atoms with Crippen LogP contribution in [0.1, 0.15) is 6.92 Å². The molecule has 6 nitrogen and oxygen atoms in total. The number of carboxylic acids is 1. The minimum Gasteiger partial charge on any atom is -0.494 e. The van der Waals surface area contributed by atoms with Crippen LogP contribution in [0.2, 0.25) is 0 Å². The molecule has 2 rings (SSSR count). The van der Waals surface area contributed by atoms with Gasteiger partial charge in [0.05, 0.1) is 13.0 Å². The van der Waals surface area contributed by atoms with E-state index < -0.39 is 23.7 Å². The Hall–Kier alpha value is -2.31. The summed E-state index contributed by atoms with van der Waals surface area (Å²) in [5, 5.41) is 11.7. The fourth-order valence-corrected chi connectivity index (χ4v) is 2.39. The van der Waals surface area contributed by atoms with Crippen molar-refractivity contribution in [3.8, 4) is 5.75 Å². The highest BCUT2D eigenvalue weighted by Gasteiger charge is 2.36. The minimum absolute atomic E-state index is 0.0333. The number of likely N-dealkylation sites (tertiary alicyclic amines) is 1. The maximum atomic E-state index is 13.3. The van der Waals surface area contributed by atoms with E-state index in [1.54, 1.807) is 6.92 Å². The van der Waals surface area contributed by atoms with Gasteiger partial charge in [-0.2, -0.15) is 0 Å². The highest BCUT2D eigenvalue weighted by Crippen LogP contribution is 2.25. The quantitative estimate of drug-likeness (QED) is 0.894. The third-order valence-corrected chi connectivity index (χ3v) is 3.62. The van der Waals surface area contributed by atoms with E-state index >= 15 is 0 Å². The molecule has 0 bridgehead atoms. The molecule has 114 valence electrons. The number of rotatable bonds is 3. The molecule has 1 aliphatic rings. The van der Waals surface area contributed by atoms with E-state index in [0.717, 1.165) is 0 Å². The van der Waals surface area contributed by atoms with Crippen molar-refractivity contribution in [2.45, 2.75) is 6.92 Å². The van der Waals surface area contributed by atoms with Crippen LogP contribution >= 0.6 is 0 Å². The number of hydrogen-bond acceptors (Lipinski definition) is 3. The van der Waals surface area contributed by atoms with Gasteiger partial charge in [0.25, 0.3) is 0 Å². The second-order valence-electron chi connectivity index (χ2n) is 5.11. The Morgan fingerprint density at radius 2 is 2.14 bits per heavy atom. The van der Waals surface area contributed by atoms with E-state index in [0.29, 0.717) is 12.2 Å². The number of methoxy groups -OCH3 is 1. The molecule has 0 unspecified atom stereocenters. The maximum absolute atomic E-state index is 13.3. The first kappa shape index (κ1) is 15.1. The van der Waals surface area contributed by atoms with Crippen LogP contribution in [0.25, 0.3) is 0 Å². The first-order valence-corrected chi connectivity index (χ1v) is 6.54. The van der Waals surface area contributed by atoms with Gasteiger partial charge in [-0.3, -0.25) is 4.79 Å². The largest absolute Gasteiger partial charge is 0.494 e. The molecule has 2 N–H and O–H groups in total. The lowest BCUT2D eigenvalue weighted by atomic mass is 9.99. The van der Waals surface area contributed by atoms with Crippen LogP contribution in [0.15, 0.2) is 18.2 Å². The van der Waals surface area contributed by atoms with Crippen LogP contribution in [0.3, 0.4) is 0 Å². The third kappa shape index (κ3) is 3.24. The molecular formula is C14H17FN2O4. The standard InChI is InChI=1S/C14H17FN2O4/c1-8-6-17(7-10(8)13(18)19)14(20)16-9-3-4-11(15)12(5-9)21-2/h3-5,8,10H,6-7H2,1-2H3,(H,16,20)(H,18,19)/t8-,10-/m1/s1. The summed E-state index contributed by atoms with van der Waals surface area (Å²) in [5.41, 5.74) is 0.393. The maximum Gasteiger partial charge on any atom is 0.321 e. The zero-order valence-electron chi connectivity index (χ0n) is 11.8. The van der Waals surface area contributed by atoms with E-state index in [9.17, 15) is 14.0 Å². The number of ether oxygens (including phenoxy) is 1. The van der Waals surface area contributed by atoms with Gasteiger partial charge >= 0.3 is 12.0 Å². The van der Waals surface area contributed by atoms with Crippen LogP contribution in [-0.4, -0.2) is 42.2 Å². The second-order valence-corrected chi connectivity index (χ2v) is 5.11. The van der Waals surface area contributed by atoms with Gasteiger partial charge in [0.1, 0.15) is 0 Å². The zero-order chi connectivity index (χ0) is 15.6. The Kier molecular flexibility index (Phi) is 4.30. The third-order valence-electron chi connectivity index (χ3n) is 3.62. The van der Waals surface area contributed by atoms with Crippen LogP contribution in [0.4, 0.5) is 14.9 Å². The molecule has 2 amide bonds. The number of amides is 2. The lowest BCUT2D eigenvalue weighted by molar-refractivity contribution is -0.142. The molecule has 0 aromatic heterocycles. The predicted molar refractivity (Wildman–Crippen MR) is 73.8 cm³/mol. The van der Waals surface area contributed by atoms with Crippen molar-refractivity contribution < 1.29 is 23.8 Å². The number of carbonyl (C=O) groups is 2. The van der Waals surface area contributed by atoms with Crippen LogP contribution in [0, 0.1) is 17.7 Å². The number of benzene rings is 1. The summed E-state index contributed by atoms with van der Waals surface area (Å²) in [6.45, 7) is 2.34. The van der Waals surface area contributed by atoms with Gasteiger partial charge in [-0.05, 0) is 18.1 Å². The van der Waals surface area contributed by atoms with Gasteiger partial charge in [0.15, 0.2) is 11.6 Å². The lowest BCUT2D eigenvalue weighted by Crippen LogP contribution is -2.33. The van der Waals surface area contributed by atoms with E-state index in [2.05, 4.69) is 5.32 Å². The highest BCUT2D eigenvalue weighted by atomic mass is 19.1. The topological polar surface area (TPSA) is 78.9 Å². The molecule has 0 spiro atoms. The summed E-state index contributed by atoms with van der Waals surface area (Å²) in [6.07, 6.45) is 0. The number of urea groups is 1. The van der Waals surface area contributed by atoms with E-state index in [-0.39, 0.29) is 18.2 Å². The molecule has 0 saturated carbocycles. The van der Waals surface area contributed by atoms with Crippen molar-refractivity contribution >= 4 is 17.7 Å². The number of halogens is 1. The molecular weight excluding hydrogens is 279 g/mol. The Labute approximate surface area is 121 Å². The average Bonchev–Trinajstić information content (AvgIpc) is 2.83. The van der Waals surface area contributed by atoms with Crippen molar-refractivity contribution in [3.05, 3.63) is 24.0 Å². The zero-order valence-corrected chi connectivity index (χ0v) is 11.8. The van der Waals surface area contributed by atoms with Crippen LogP contribution in [-0.2, 0) is 4.79 Å². The molecule has 1 aromatic carbocycles. The van der Waals surface area contributed by atoms with Crippen molar-refractivity contribution in [2.75, 3.05) is 25.5 Å². The number of carboxylic acid groups (broad SMARTS) is 1. The summed E-state index contributed by atoms with van der Waals surface area (Å²) < 4.78 is 18.1. The predicted octanol–water partition coefficient (Wildman–Crippen LogP) is 2.02. The molecule has 1 saturated heterocycles. The molecule has 2 atom stereocenters. The molecule has 1 heterocycles. The summed E-state index contributed by atoms with van der Waals surface area (Å²) >= 11 is 0. The Morgan fingerprint density at radius 1 is 1.43 bits per heavy atom. The second kappa shape index (κ2) is 5.99. The van der Waals surface area contributed by atoms with Crippen molar-refractivity contribution in [1.29, 1.82) is 0 Å². The minimum atomic E-state index is -0.902. The summed E-state index contributed by atoms with van der Waals surface area (Å²) in [4.78, 5) is 24.6. The SMILES string of the molecule is COc1cc(NC(=O)N2C[C@@H](C)[C@H](C(=O)O)C2)ccc1F. The number of nitrogens with zero attached hydrogens (tertiary/aromatic N) is 1. The average molecular weight is 296 g/mol. The fourth-order valence-electron chi connectivity index (χ4n) is 2.39. The fraction of sp³-hybridized carbons (Fsp3) is 0.429. The lowest BCUT2D eigenvalue weighted by Gasteiger charge is -2.17. The van der Waals surface area contributed by atoms with E-state index in [1.165, 1.54) is 30.2 Å². The first-order chi connectivity index (χ1) is 9.92. The number of carbonyl (C=O) groups excluding carboxylic acids is 1.